The minimum absolute atomic E-state index is 0.705. The fourth-order valence-corrected chi connectivity index (χ4v) is 1.93. The molecule has 3 heteroatoms. The Morgan fingerprint density at radius 2 is 2.15 bits per heavy atom. The SMILES string of the molecule is NCCc1ccc2[nH]c(Br)cc2c1. The van der Waals surface area contributed by atoms with Crippen molar-refractivity contribution >= 4 is 26.8 Å². The molecule has 0 spiro atoms. The Kier molecular flexibility index (Phi) is 2.38. The average Bonchev–Trinajstić information content (AvgIpc) is 2.44. The minimum atomic E-state index is 0.705. The summed E-state index contributed by atoms with van der Waals surface area (Å²) in [4.78, 5) is 3.21. The lowest BCUT2D eigenvalue weighted by molar-refractivity contribution is 0.971. The van der Waals surface area contributed by atoms with Crippen LogP contribution in [0, 0.1) is 0 Å². The van der Waals surface area contributed by atoms with Crippen molar-refractivity contribution in [2.75, 3.05) is 6.54 Å². The van der Waals surface area contributed by atoms with E-state index in [2.05, 4.69) is 45.2 Å². The van der Waals surface area contributed by atoms with Crippen LogP contribution in [0.25, 0.3) is 10.9 Å². The summed E-state index contributed by atoms with van der Waals surface area (Å²) in [7, 11) is 0. The van der Waals surface area contributed by atoms with Crippen molar-refractivity contribution in [3.8, 4) is 0 Å². The van der Waals surface area contributed by atoms with Crippen LogP contribution in [0.5, 0.6) is 0 Å². The Morgan fingerprint density at radius 1 is 1.31 bits per heavy atom. The quantitative estimate of drug-likeness (QED) is 0.830. The van der Waals surface area contributed by atoms with E-state index in [1.165, 1.54) is 10.9 Å². The third kappa shape index (κ3) is 1.76. The summed E-state index contributed by atoms with van der Waals surface area (Å²) >= 11 is 3.41. The number of benzene rings is 1. The maximum atomic E-state index is 5.49. The molecule has 0 unspecified atom stereocenters. The van der Waals surface area contributed by atoms with E-state index in [1.54, 1.807) is 0 Å². The zero-order chi connectivity index (χ0) is 9.26. The van der Waals surface area contributed by atoms with Crippen LogP contribution in [0.1, 0.15) is 5.56 Å². The number of hydrogen-bond acceptors (Lipinski definition) is 1. The molecular weight excluding hydrogens is 228 g/mol. The van der Waals surface area contributed by atoms with Crippen LogP contribution in [-0.2, 0) is 6.42 Å². The van der Waals surface area contributed by atoms with Gasteiger partial charge in [0.2, 0.25) is 0 Å². The van der Waals surface area contributed by atoms with E-state index in [-0.39, 0.29) is 0 Å². The van der Waals surface area contributed by atoms with Gasteiger partial charge in [-0.05, 0) is 52.7 Å². The fraction of sp³-hybridized carbons (Fsp3) is 0.200. The second-order valence-corrected chi connectivity index (χ2v) is 3.93. The fourth-order valence-electron chi connectivity index (χ4n) is 1.47. The molecule has 13 heavy (non-hydrogen) atoms. The molecule has 0 amide bonds. The van der Waals surface area contributed by atoms with Gasteiger partial charge in [0, 0.05) is 10.9 Å². The number of aromatic nitrogens is 1. The van der Waals surface area contributed by atoms with Gasteiger partial charge < -0.3 is 10.7 Å². The number of H-pyrrole nitrogens is 1. The number of aromatic amines is 1. The van der Waals surface area contributed by atoms with Crippen molar-refractivity contribution in [3.63, 3.8) is 0 Å². The Morgan fingerprint density at radius 3 is 2.92 bits per heavy atom. The van der Waals surface area contributed by atoms with Crippen molar-refractivity contribution in [2.24, 2.45) is 5.73 Å². The molecule has 0 aliphatic rings. The first kappa shape index (κ1) is 8.78. The van der Waals surface area contributed by atoms with E-state index < -0.39 is 0 Å². The Hall–Kier alpha value is -0.800. The third-order valence-electron chi connectivity index (χ3n) is 2.09. The van der Waals surface area contributed by atoms with Crippen molar-refractivity contribution in [2.45, 2.75) is 6.42 Å². The summed E-state index contributed by atoms with van der Waals surface area (Å²) in [6.07, 6.45) is 0.943. The van der Waals surface area contributed by atoms with Gasteiger partial charge in [0.25, 0.3) is 0 Å². The van der Waals surface area contributed by atoms with Crippen LogP contribution in [0.15, 0.2) is 28.9 Å². The monoisotopic (exact) mass is 238 g/mol. The van der Waals surface area contributed by atoms with E-state index in [9.17, 15) is 0 Å². The van der Waals surface area contributed by atoms with Crippen LogP contribution >= 0.6 is 15.9 Å². The molecule has 3 N–H and O–H groups in total. The van der Waals surface area contributed by atoms with Crippen molar-refractivity contribution in [1.82, 2.24) is 4.98 Å². The highest BCUT2D eigenvalue weighted by molar-refractivity contribution is 9.10. The van der Waals surface area contributed by atoms with Gasteiger partial charge >= 0.3 is 0 Å². The lowest BCUT2D eigenvalue weighted by Crippen LogP contribution is -2.02. The average molecular weight is 239 g/mol. The summed E-state index contributed by atoms with van der Waals surface area (Å²) in [6.45, 7) is 0.705. The molecule has 1 heterocycles. The van der Waals surface area contributed by atoms with Gasteiger partial charge in [-0.15, -0.1) is 0 Å². The minimum Gasteiger partial charge on any atom is -0.349 e. The van der Waals surface area contributed by atoms with Gasteiger partial charge in [0.1, 0.15) is 0 Å². The third-order valence-corrected chi connectivity index (χ3v) is 2.51. The van der Waals surface area contributed by atoms with Gasteiger partial charge in [-0.2, -0.15) is 0 Å². The number of hydrogen-bond donors (Lipinski definition) is 2. The predicted octanol–water partition coefficient (Wildman–Crippen LogP) is 2.43. The normalized spacial score (nSPS) is 10.9. The summed E-state index contributed by atoms with van der Waals surface area (Å²) in [5.74, 6) is 0. The largest absolute Gasteiger partial charge is 0.349 e. The van der Waals surface area contributed by atoms with E-state index in [1.807, 2.05) is 0 Å². The first-order valence-corrected chi connectivity index (χ1v) is 5.06. The number of rotatable bonds is 2. The van der Waals surface area contributed by atoms with Gasteiger partial charge in [0.05, 0.1) is 4.60 Å². The zero-order valence-electron chi connectivity index (χ0n) is 7.18. The molecule has 0 saturated heterocycles. The Balaban J connectivity index is 2.48. The molecule has 68 valence electrons. The van der Waals surface area contributed by atoms with Crippen LogP contribution < -0.4 is 5.73 Å². The first-order chi connectivity index (χ1) is 6.29. The lowest BCUT2D eigenvalue weighted by Gasteiger charge is -1.97. The number of halogens is 1. The highest BCUT2D eigenvalue weighted by Crippen LogP contribution is 2.20. The molecule has 2 aromatic rings. The first-order valence-electron chi connectivity index (χ1n) is 4.27. The maximum absolute atomic E-state index is 5.49. The van der Waals surface area contributed by atoms with Gasteiger partial charge in [-0.25, -0.2) is 0 Å². The van der Waals surface area contributed by atoms with E-state index in [0.29, 0.717) is 6.54 Å². The van der Waals surface area contributed by atoms with E-state index in [4.69, 9.17) is 5.73 Å². The summed E-state index contributed by atoms with van der Waals surface area (Å²) in [5, 5.41) is 1.23. The predicted molar refractivity (Wildman–Crippen MR) is 58.8 cm³/mol. The number of nitrogens with two attached hydrogens (primary N) is 1. The summed E-state index contributed by atoms with van der Waals surface area (Å²) < 4.78 is 1.02. The molecule has 1 aromatic heterocycles. The standard InChI is InChI=1S/C10H11BrN2/c11-10-6-8-5-7(3-4-12)1-2-9(8)13-10/h1-2,5-6,13H,3-4,12H2. The number of nitrogens with one attached hydrogen (secondary N) is 1. The highest BCUT2D eigenvalue weighted by Gasteiger charge is 1.98. The Labute approximate surface area is 85.3 Å². The molecule has 2 nitrogen and oxygen atoms in total. The van der Waals surface area contributed by atoms with Gasteiger partial charge in [-0.1, -0.05) is 6.07 Å². The van der Waals surface area contributed by atoms with Crippen LogP contribution in [-0.4, -0.2) is 11.5 Å². The smallest absolute Gasteiger partial charge is 0.0830 e. The maximum Gasteiger partial charge on any atom is 0.0830 e. The topological polar surface area (TPSA) is 41.8 Å². The van der Waals surface area contributed by atoms with Crippen molar-refractivity contribution in [1.29, 1.82) is 0 Å². The summed E-state index contributed by atoms with van der Waals surface area (Å²) in [6, 6.07) is 8.45. The highest BCUT2D eigenvalue weighted by atomic mass is 79.9. The second kappa shape index (κ2) is 3.52. The van der Waals surface area contributed by atoms with E-state index >= 15 is 0 Å². The molecule has 0 aliphatic carbocycles. The molecule has 0 fully saturated rings. The Bertz CT molecular complexity index is 420. The van der Waals surface area contributed by atoms with Crippen molar-refractivity contribution < 1.29 is 0 Å². The molecule has 1 aromatic carbocycles. The van der Waals surface area contributed by atoms with Gasteiger partial charge in [-0.3, -0.25) is 0 Å². The molecule has 0 bridgehead atoms. The van der Waals surface area contributed by atoms with Crippen molar-refractivity contribution in [3.05, 3.63) is 34.4 Å². The molecule has 0 saturated carbocycles. The summed E-state index contributed by atoms with van der Waals surface area (Å²) in [5.41, 5.74) is 7.95. The zero-order valence-corrected chi connectivity index (χ0v) is 8.76. The number of fused-ring (bicyclic) bond motifs is 1. The molecule has 0 radical (unpaired) electrons. The van der Waals surface area contributed by atoms with Gasteiger partial charge in [0.15, 0.2) is 0 Å². The molecule has 2 rings (SSSR count). The lowest BCUT2D eigenvalue weighted by atomic mass is 10.1. The van der Waals surface area contributed by atoms with Crippen LogP contribution in [0.3, 0.4) is 0 Å². The second-order valence-electron chi connectivity index (χ2n) is 3.08. The van der Waals surface area contributed by atoms with E-state index in [0.717, 1.165) is 16.5 Å². The van der Waals surface area contributed by atoms with Crippen LogP contribution in [0.4, 0.5) is 0 Å². The molecular formula is C10H11BrN2. The molecule has 0 aliphatic heterocycles. The van der Waals surface area contributed by atoms with Crippen LogP contribution in [0.2, 0.25) is 0 Å². The molecule has 0 atom stereocenters.